The number of piperazine rings is 1. The van der Waals surface area contributed by atoms with Crippen LogP contribution in [0.1, 0.15) is 18.7 Å². The number of rotatable bonds is 3. The molecule has 0 amide bonds. The van der Waals surface area contributed by atoms with Crippen molar-refractivity contribution < 1.29 is 0 Å². The summed E-state index contributed by atoms with van der Waals surface area (Å²) in [5.74, 6) is 0. The van der Waals surface area contributed by atoms with Crippen molar-refractivity contribution in [1.29, 1.82) is 0 Å². The third-order valence-corrected chi connectivity index (χ3v) is 4.69. The molecular formula is C15H21ClN4S. The third kappa shape index (κ3) is 4.01. The number of aromatic nitrogens is 2. The topological polar surface area (TPSA) is 41.1 Å². The molecule has 0 aliphatic carbocycles. The molecule has 0 aromatic carbocycles. The van der Waals surface area contributed by atoms with Crippen LogP contribution in [0.5, 0.6) is 0 Å². The molecule has 2 atom stereocenters. The lowest BCUT2D eigenvalue weighted by Gasteiger charge is -2.37. The molecule has 3 rings (SSSR count). The van der Waals surface area contributed by atoms with Crippen molar-refractivity contribution in [1.82, 2.24) is 20.2 Å². The Morgan fingerprint density at radius 2 is 2.19 bits per heavy atom. The van der Waals surface area contributed by atoms with Gasteiger partial charge in [-0.3, -0.25) is 9.88 Å². The van der Waals surface area contributed by atoms with Crippen LogP contribution in [-0.2, 0) is 6.54 Å². The second kappa shape index (κ2) is 7.31. The Bertz CT molecular complexity index is 560. The molecule has 1 fully saturated rings. The van der Waals surface area contributed by atoms with Crippen LogP contribution in [0.25, 0.3) is 10.7 Å². The largest absolute Gasteiger partial charge is 0.311 e. The van der Waals surface area contributed by atoms with Gasteiger partial charge in [-0.05, 0) is 26.0 Å². The molecule has 2 aromatic rings. The molecule has 0 spiro atoms. The predicted octanol–water partition coefficient (Wildman–Crippen LogP) is 2.81. The Kier molecular flexibility index (Phi) is 5.70. The second-order valence-corrected chi connectivity index (χ2v) is 6.55. The molecule has 21 heavy (non-hydrogen) atoms. The molecule has 0 bridgehead atoms. The van der Waals surface area contributed by atoms with Gasteiger partial charge in [0.15, 0.2) is 0 Å². The smallest absolute Gasteiger partial charge is 0.142 e. The maximum absolute atomic E-state index is 4.51. The zero-order valence-corrected chi connectivity index (χ0v) is 14.0. The van der Waals surface area contributed by atoms with E-state index in [4.69, 9.17) is 0 Å². The minimum atomic E-state index is 0. The lowest BCUT2D eigenvalue weighted by Crippen LogP contribution is -2.53. The van der Waals surface area contributed by atoms with Crippen LogP contribution < -0.4 is 5.32 Å². The summed E-state index contributed by atoms with van der Waals surface area (Å²) in [7, 11) is 0. The normalized spacial score (nSPS) is 22.8. The van der Waals surface area contributed by atoms with Gasteiger partial charge in [0.1, 0.15) is 5.01 Å². The number of nitrogens with zero attached hydrogens (tertiary/aromatic N) is 3. The highest BCUT2D eigenvalue weighted by molar-refractivity contribution is 7.14. The summed E-state index contributed by atoms with van der Waals surface area (Å²) < 4.78 is 0. The van der Waals surface area contributed by atoms with Gasteiger partial charge in [0.05, 0.1) is 5.69 Å². The maximum atomic E-state index is 4.51. The Morgan fingerprint density at radius 3 is 2.95 bits per heavy atom. The molecular weight excluding hydrogens is 304 g/mol. The van der Waals surface area contributed by atoms with Crippen LogP contribution in [0, 0.1) is 0 Å². The highest BCUT2D eigenvalue weighted by atomic mass is 35.5. The molecule has 4 nitrogen and oxygen atoms in total. The van der Waals surface area contributed by atoms with Crippen molar-refractivity contribution in [3.8, 4) is 10.7 Å². The fourth-order valence-corrected chi connectivity index (χ4v) is 3.42. The second-order valence-electron chi connectivity index (χ2n) is 5.43. The molecule has 0 radical (unpaired) electrons. The van der Waals surface area contributed by atoms with E-state index >= 15 is 0 Å². The Hall–Kier alpha value is -1.01. The van der Waals surface area contributed by atoms with Crippen LogP contribution in [0.2, 0.25) is 0 Å². The first kappa shape index (κ1) is 16.4. The third-order valence-electron chi connectivity index (χ3n) is 3.69. The summed E-state index contributed by atoms with van der Waals surface area (Å²) in [5.41, 5.74) is 0.963. The van der Waals surface area contributed by atoms with Gasteiger partial charge >= 0.3 is 0 Å². The maximum Gasteiger partial charge on any atom is 0.142 e. The van der Waals surface area contributed by atoms with Crippen molar-refractivity contribution in [3.05, 3.63) is 35.5 Å². The van der Waals surface area contributed by atoms with Gasteiger partial charge in [0, 0.05) is 49.0 Å². The van der Waals surface area contributed by atoms with E-state index in [2.05, 4.69) is 34.0 Å². The number of nitrogens with one attached hydrogen (secondary N) is 1. The van der Waals surface area contributed by atoms with E-state index in [9.17, 15) is 0 Å². The molecule has 1 aliphatic heterocycles. The summed E-state index contributed by atoms with van der Waals surface area (Å²) >= 11 is 1.75. The first-order chi connectivity index (χ1) is 9.72. The highest BCUT2D eigenvalue weighted by Crippen LogP contribution is 2.25. The minimum Gasteiger partial charge on any atom is -0.311 e. The summed E-state index contributed by atoms with van der Waals surface area (Å²) in [6, 6.07) is 7.09. The van der Waals surface area contributed by atoms with E-state index in [1.54, 1.807) is 11.3 Å². The number of hydrogen-bond donors (Lipinski definition) is 1. The van der Waals surface area contributed by atoms with Crippen LogP contribution in [-0.4, -0.2) is 40.0 Å². The Morgan fingerprint density at radius 1 is 1.33 bits per heavy atom. The van der Waals surface area contributed by atoms with E-state index in [0.717, 1.165) is 30.3 Å². The fourth-order valence-electron chi connectivity index (χ4n) is 2.51. The first-order valence-corrected chi connectivity index (χ1v) is 7.87. The zero-order valence-electron chi connectivity index (χ0n) is 12.3. The van der Waals surface area contributed by atoms with E-state index in [1.807, 2.05) is 30.6 Å². The number of hydrogen-bond acceptors (Lipinski definition) is 5. The van der Waals surface area contributed by atoms with Crippen molar-refractivity contribution in [3.63, 3.8) is 0 Å². The first-order valence-electron chi connectivity index (χ1n) is 7.06. The summed E-state index contributed by atoms with van der Waals surface area (Å²) in [6.07, 6.45) is 3.81. The van der Waals surface area contributed by atoms with E-state index < -0.39 is 0 Å². The Labute approximate surface area is 136 Å². The van der Waals surface area contributed by atoms with Crippen molar-refractivity contribution in [2.24, 2.45) is 0 Å². The predicted molar refractivity (Wildman–Crippen MR) is 89.9 cm³/mol. The zero-order chi connectivity index (χ0) is 13.9. The summed E-state index contributed by atoms with van der Waals surface area (Å²) in [5, 5.41) is 4.53. The molecule has 0 saturated carbocycles. The number of thiazole rings is 1. The minimum absolute atomic E-state index is 0. The standard InChI is InChI=1S/C15H20N4S.ClH/c1-11-9-19(12(2)7-17-11)10-13-8-18-15(20-13)14-5-3-4-6-16-14;/h3-6,8,11-12,17H,7,9-10H2,1-2H3;1H. The molecule has 2 unspecified atom stereocenters. The van der Waals surface area contributed by atoms with Gasteiger partial charge < -0.3 is 5.32 Å². The average Bonchev–Trinajstić information content (AvgIpc) is 2.92. The molecule has 1 N–H and O–H groups in total. The van der Waals surface area contributed by atoms with Gasteiger partial charge in [-0.1, -0.05) is 6.07 Å². The molecule has 1 aliphatic rings. The van der Waals surface area contributed by atoms with Gasteiger partial charge in [0.2, 0.25) is 0 Å². The Balaban J connectivity index is 0.00000161. The summed E-state index contributed by atoms with van der Waals surface area (Å²) in [6.45, 7) is 7.66. The lowest BCUT2D eigenvalue weighted by molar-refractivity contribution is 0.140. The van der Waals surface area contributed by atoms with Gasteiger partial charge in [-0.15, -0.1) is 23.7 Å². The molecule has 6 heteroatoms. The number of halogens is 1. The van der Waals surface area contributed by atoms with Gasteiger partial charge in [-0.2, -0.15) is 0 Å². The SMILES string of the molecule is CC1CN(Cc2cnc(-c3ccccn3)s2)C(C)CN1.Cl. The molecule has 114 valence electrons. The van der Waals surface area contributed by atoms with E-state index in [0.29, 0.717) is 12.1 Å². The van der Waals surface area contributed by atoms with Crippen LogP contribution in [0.4, 0.5) is 0 Å². The summed E-state index contributed by atoms with van der Waals surface area (Å²) in [4.78, 5) is 12.7. The van der Waals surface area contributed by atoms with Crippen molar-refractivity contribution in [2.75, 3.05) is 13.1 Å². The van der Waals surface area contributed by atoms with Gasteiger partial charge in [-0.25, -0.2) is 4.98 Å². The van der Waals surface area contributed by atoms with Crippen molar-refractivity contribution in [2.45, 2.75) is 32.5 Å². The monoisotopic (exact) mass is 324 g/mol. The molecule has 1 saturated heterocycles. The van der Waals surface area contributed by atoms with Crippen molar-refractivity contribution >= 4 is 23.7 Å². The average molecular weight is 325 g/mol. The fraction of sp³-hybridized carbons (Fsp3) is 0.467. The van der Waals surface area contributed by atoms with E-state index in [-0.39, 0.29) is 12.4 Å². The lowest BCUT2D eigenvalue weighted by atomic mass is 10.1. The number of pyridine rings is 1. The van der Waals surface area contributed by atoms with Gasteiger partial charge in [0.25, 0.3) is 0 Å². The van der Waals surface area contributed by atoms with E-state index in [1.165, 1.54) is 4.88 Å². The quantitative estimate of drug-likeness (QED) is 0.942. The van der Waals surface area contributed by atoms with Crippen LogP contribution in [0.3, 0.4) is 0 Å². The van der Waals surface area contributed by atoms with Crippen LogP contribution >= 0.6 is 23.7 Å². The molecule has 2 aromatic heterocycles. The molecule has 3 heterocycles. The van der Waals surface area contributed by atoms with Crippen LogP contribution in [0.15, 0.2) is 30.6 Å². The highest BCUT2D eigenvalue weighted by Gasteiger charge is 2.22.